The van der Waals surface area contributed by atoms with Crippen molar-refractivity contribution < 1.29 is 4.79 Å². The summed E-state index contributed by atoms with van der Waals surface area (Å²) in [5.74, 6) is 0.655. The van der Waals surface area contributed by atoms with Crippen LogP contribution in [0.2, 0.25) is 0 Å². The number of hydrogen-bond acceptors (Lipinski definition) is 5. The van der Waals surface area contributed by atoms with Crippen molar-refractivity contribution in [2.75, 3.05) is 10.6 Å². The third-order valence-electron chi connectivity index (χ3n) is 3.73. The van der Waals surface area contributed by atoms with E-state index in [1.807, 2.05) is 37.3 Å². The molecular weight excluding hydrogens is 326 g/mol. The average molecular weight is 343 g/mol. The van der Waals surface area contributed by atoms with Crippen LogP contribution in [0.5, 0.6) is 0 Å². The Kier molecular flexibility index (Phi) is 4.90. The Balaban J connectivity index is 1.84. The van der Waals surface area contributed by atoms with Crippen molar-refractivity contribution >= 4 is 23.1 Å². The van der Waals surface area contributed by atoms with Crippen LogP contribution in [0, 0.1) is 25.2 Å². The fraction of sp³-hybridized carbons (Fsp3) is 0.100. The van der Waals surface area contributed by atoms with E-state index < -0.39 is 0 Å². The molecule has 2 N–H and O–H groups in total. The standard InChI is InChI=1S/C20H17N5O/c1-13-6-3-4-9-17(13)25-20(26)18-11-19(23-14(2)22-18)24-16-8-5-7-15(10-16)12-21/h3-11H,1-2H3,(H,25,26)(H,22,23,24). The van der Waals surface area contributed by atoms with E-state index in [2.05, 4.69) is 26.7 Å². The summed E-state index contributed by atoms with van der Waals surface area (Å²) in [6, 6.07) is 18.3. The van der Waals surface area contributed by atoms with Crippen molar-refractivity contribution in [2.45, 2.75) is 13.8 Å². The summed E-state index contributed by atoms with van der Waals surface area (Å²) in [5.41, 5.74) is 3.23. The fourth-order valence-corrected chi connectivity index (χ4v) is 2.46. The predicted octanol–water partition coefficient (Wildman–Crippen LogP) is 3.96. The molecule has 3 rings (SSSR count). The fourth-order valence-electron chi connectivity index (χ4n) is 2.46. The number of rotatable bonds is 4. The molecule has 0 aliphatic carbocycles. The largest absolute Gasteiger partial charge is 0.340 e. The van der Waals surface area contributed by atoms with Crippen molar-refractivity contribution in [3.05, 3.63) is 77.2 Å². The molecule has 1 aromatic heterocycles. The van der Waals surface area contributed by atoms with Gasteiger partial charge in [-0.05, 0) is 43.7 Å². The number of para-hydroxylation sites is 1. The van der Waals surface area contributed by atoms with Gasteiger partial charge in [0, 0.05) is 17.4 Å². The molecule has 0 saturated heterocycles. The molecule has 0 atom stereocenters. The highest BCUT2D eigenvalue weighted by molar-refractivity contribution is 6.03. The molecule has 0 aliphatic rings. The predicted molar refractivity (Wildman–Crippen MR) is 100 cm³/mol. The molecule has 0 radical (unpaired) electrons. The van der Waals surface area contributed by atoms with Crippen LogP contribution in [0.1, 0.15) is 27.4 Å². The molecule has 2 aromatic carbocycles. The average Bonchev–Trinajstić information content (AvgIpc) is 2.63. The van der Waals surface area contributed by atoms with Gasteiger partial charge in [-0.15, -0.1) is 0 Å². The Bertz CT molecular complexity index is 1010. The number of amides is 1. The number of nitrogens with zero attached hydrogens (tertiary/aromatic N) is 3. The molecule has 0 spiro atoms. The smallest absolute Gasteiger partial charge is 0.274 e. The first kappa shape index (κ1) is 17.1. The summed E-state index contributed by atoms with van der Waals surface area (Å²) in [6.07, 6.45) is 0. The van der Waals surface area contributed by atoms with E-state index in [1.54, 1.807) is 31.2 Å². The third kappa shape index (κ3) is 4.02. The Morgan fingerprint density at radius 3 is 2.62 bits per heavy atom. The van der Waals surface area contributed by atoms with Crippen molar-refractivity contribution in [1.82, 2.24) is 9.97 Å². The van der Waals surface area contributed by atoms with E-state index in [1.165, 1.54) is 0 Å². The molecule has 3 aromatic rings. The number of anilines is 3. The maximum absolute atomic E-state index is 12.6. The number of nitrogens with one attached hydrogen (secondary N) is 2. The highest BCUT2D eigenvalue weighted by Crippen LogP contribution is 2.18. The van der Waals surface area contributed by atoms with Crippen molar-refractivity contribution in [1.29, 1.82) is 5.26 Å². The number of aryl methyl sites for hydroxylation is 2. The molecule has 0 unspecified atom stereocenters. The Hall–Kier alpha value is -3.72. The molecule has 0 aliphatic heterocycles. The first-order valence-electron chi connectivity index (χ1n) is 8.05. The molecule has 6 heteroatoms. The van der Waals surface area contributed by atoms with Gasteiger partial charge >= 0.3 is 0 Å². The van der Waals surface area contributed by atoms with Crippen molar-refractivity contribution in [3.8, 4) is 6.07 Å². The van der Waals surface area contributed by atoms with Gasteiger partial charge in [0.1, 0.15) is 17.3 Å². The van der Waals surface area contributed by atoms with Crippen LogP contribution in [0.4, 0.5) is 17.2 Å². The number of carbonyl (C=O) groups excluding carboxylic acids is 1. The molecule has 1 amide bonds. The first-order chi connectivity index (χ1) is 12.5. The van der Waals surface area contributed by atoms with E-state index in [-0.39, 0.29) is 11.6 Å². The van der Waals surface area contributed by atoms with Crippen LogP contribution in [0.3, 0.4) is 0 Å². The number of benzene rings is 2. The van der Waals surface area contributed by atoms with Crippen molar-refractivity contribution in [2.24, 2.45) is 0 Å². The van der Waals surface area contributed by atoms with E-state index in [0.717, 1.165) is 11.3 Å². The summed E-state index contributed by atoms with van der Waals surface area (Å²) >= 11 is 0. The number of hydrogen-bond donors (Lipinski definition) is 2. The van der Waals surface area contributed by atoms with E-state index in [0.29, 0.717) is 22.9 Å². The maximum atomic E-state index is 12.6. The summed E-state index contributed by atoms with van der Waals surface area (Å²) in [4.78, 5) is 21.1. The van der Waals surface area contributed by atoms with Gasteiger partial charge in [0.25, 0.3) is 5.91 Å². The van der Waals surface area contributed by atoms with Crippen molar-refractivity contribution in [3.63, 3.8) is 0 Å². The topological polar surface area (TPSA) is 90.7 Å². The Morgan fingerprint density at radius 2 is 1.85 bits per heavy atom. The van der Waals surface area contributed by atoms with Gasteiger partial charge in [0.2, 0.25) is 0 Å². The molecule has 1 heterocycles. The normalized spacial score (nSPS) is 10.0. The highest BCUT2D eigenvalue weighted by atomic mass is 16.1. The van der Waals surface area contributed by atoms with Gasteiger partial charge in [0.15, 0.2) is 0 Å². The Labute approximate surface area is 151 Å². The summed E-state index contributed by atoms with van der Waals surface area (Å²) in [5, 5.41) is 15.0. The molecule has 0 fully saturated rings. The van der Waals surface area contributed by atoms with Crippen LogP contribution in [-0.4, -0.2) is 15.9 Å². The molecule has 0 bridgehead atoms. The minimum atomic E-state index is -0.307. The van der Waals surface area contributed by atoms with Gasteiger partial charge in [-0.3, -0.25) is 4.79 Å². The van der Waals surface area contributed by atoms with Crippen LogP contribution < -0.4 is 10.6 Å². The van der Waals surface area contributed by atoms with E-state index >= 15 is 0 Å². The van der Waals surface area contributed by atoms with Gasteiger partial charge in [0.05, 0.1) is 11.6 Å². The second kappa shape index (κ2) is 7.45. The molecular formula is C20H17N5O. The molecule has 128 valence electrons. The van der Waals surface area contributed by atoms with Crippen LogP contribution >= 0.6 is 0 Å². The lowest BCUT2D eigenvalue weighted by atomic mass is 10.2. The SMILES string of the molecule is Cc1nc(Nc2cccc(C#N)c2)cc(C(=O)Nc2ccccc2C)n1. The zero-order chi connectivity index (χ0) is 18.5. The molecule has 6 nitrogen and oxygen atoms in total. The number of aromatic nitrogens is 2. The summed E-state index contributed by atoms with van der Waals surface area (Å²) < 4.78 is 0. The second-order valence-electron chi connectivity index (χ2n) is 5.77. The van der Waals surface area contributed by atoms with Crippen LogP contribution in [-0.2, 0) is 0 Å². The first-order valence-corrected chi connectivity index (χ1v) is 8.05. The molecule has 26 heavy (non-hydrogen) atoms. The number of carbonyl (C=O) groups is 1. The lowest BCUT2D eigenvalue weighted by Crippen LogP contribution is -2.16. The van der Waals surface area contributed by atoms with Gasteiger partial charge in [-0.1, -0.05) is 24.3 Å². The maximum Gasteiger partial charge on any atom is 0.274 e. The monoisotopic (exact) mass is 343 g/mol. The van der Waals surface area contributed by atoms with E-state index in [9.17, 15) is 4.79 Å². The van der Waals surface area contributed by atoms with Gasteiger partial charge in [-0.2, -0.15) is 5.26 Å². The quantitative estimate of drug-likeness (QED) is 0.748. The minimum Gasteiger partial charge on any atom is -0.340 e. The minimum absolute atomic E-state index is 0.264. The zero-order valence-electron chi connectivity index (χ0n) is 14.4. The number of nitriles is 1. The highest BCUT2D eigenvalue weighted by Gasteiger charge is 2.12. The van der Waals surface area contributed by atoms with Gasteiger partial charge in [-0.25, -0.2) is 9.97 Å². The second-order valence-corrected chi connectivity index (χ2v) is 5.77. The van der Waals surface area contributed by atoms with Gasteiger partial charge < -0.3 is 10.6 Å². The summed E-state index contributed by atoms with van der Waals surface area (Å²) in [7, 11) is 0. The van der Waals surface area contributed by atoms with Crippen LogP contribution in [0.25, 0.3) is 0 Å². The third-order valence-corrected chi connectivity index (χ3v) is 3.73. The zero-order valence-corrected chi connectivity index (χ0v) is 14.4. The Morgan fingerprint density at radius 1 is 1.04 bits per heavy atom. The lowest BCUT2D eigenvalue weighted by Gasteiger charge is -2.10. The summed E-state index contributed by atoms with van der Waals surface area (Å²) in [6.45, 7) is 3.65. The molecule has 0 saturated carbocycles. The van der Waals surface area contributed by atoms with Crippen LogP contribution in [0.15, 0.2) is 54.6 Å². The lowest BCUT2D eigenvalue weighted by molar-refractivity contribution is 0.102. The van der Waals surface area contributed by atoms with E-state index in [4.69, 9.17) is 5.26 Å².